The molecule has 1 aromatic rings. The van der Waals surface area contributed by atoms with Crippen molar-refractivity contribution in [3.05, 3.63) is 24.2 Å². The Kier molecular flexibility index (Phi) is 4.65. The Bertz CT molecular complexity index is 450. The lowest BCUT2D eigenvalue weighted by molar-refractivity contribution is -0.145. The monoisotopic (exact) mass is 280 g/mol. The standard InChI is InChI=1S/C14H20N2O4/c17-12(18)14(7-2-1-3-8-14)16-13(19)15-9-6-11-5-4-10-20-11/h4-5,10H,1-3,6-9H2,(H,17,18)(H2,15,16,19). The van der Waals surface area contributed by atoms with Crippen molar-refractivity contribution >= 4 is 12.0 Å². The van der Waals surface area contributed by atoms with Crippen LogP contribution in [0.5, 0.6) is 0 Å². The van der Waals surface area contributed by atoms with E-state index >= 15 is 0 Å². The molecule has 20 heavy (non-hydrogen) atoms. The van der Waals surface area contributed by atoms with Crippen LogP contribution in [0.1, 0.15) is 37.9 Å². The van der Waals surface area contributed by atoms with Gasteiger partial charge in [-0.15, -0.1) is 0 Å². The Labute approximate surface area is 117 Å². The molecule has 110 valence electrons. The van der Waals surface area contributed by atoms with Gasteiger partial charge in [-0.05, 0) is 25.0 Å². The maximum absolute atomic E-state index is 11.8. The van der Waals surface area contributed by atoms with Gasteiger partial charge >= 0.3 is 12.0 Å². The van der Waals surface area contributed by atoms with Gasteiger partial charge in [0.05, 0.1) is 6.26 Å². The van der Waals surface area contributed by atoms with E-state index in [1.165, 1.54) is 0 Å². The second kappa shape index (κ2) is 6.45. The molecule has 0 atom stereocenters. The van der Waals surface area contributed by atoms with Crippen LogP contribution in [0.4, 0.5) is 4.79 Å². The summed E-state index contributed by atoms with van der Waals surface area (Å²) in [5, 5.41) is 14.7. The normalized spacial score (nSPS) is 17.4. The first-order valence-corrected chi connectivity index (χ1v) is 6.94. The molecule has 1 saturated carbocycles. The second-order valence-corrected chi connectivity index (χ2v) is 5.16. The average molecular weight is 280 g/mol. The Morgan fingerprint density at radius 1 is 1.30 bits per heavy atom. The fourth-order valence-corrected chi connectivity index (χ4v) is 2.56. The predicted molar refractivity (Wildman–Crippen MR) is 72.4 cm³/mol. The topological polar surface area (TPSA) is 91.6 Å². The third kappa shape index (κ3) is 3.53. The van der Waals surface area contributed by atoms with E-state index in [1.807, 2.05) is 6.07 Å². The molecule has 1 heterocycles. The Hall–Kier alpha value is -1.98. The molecule has 0 saturated heterocycles. The average Bonchev–Trinajstić information content (AvgIpc) is 2.93. The van der Waals surface area contributed by atoms with E-state index in [-0.39, 0.29) is 0 Å². The first kappa shape index (κ1) is 14.4. The van der Waals surface area contributed by atoms with Crippen molar-refractivity contribution in [3.8, 4) is 0 Å². The number of amides is 2. The van der Waals surface area contributed by atoms with Gasteiger partial charge in [-0.2, -0.15) is 0 Å². The van der Waals surface area contributed by atoms with Crippen LogP contribution < -0.4 is 10.6 Å². The van der Waals surface area contributed by atoms with Crippen LogP contribution in [0, 0.1) is 0 Å². The number of carboxylic acids is 1. The molecule has 0 aromatic carbocycles. The zero-order valence-corrected chi connectivity index (χ0v) is 11.4. The lowest BCUT2D eigenvalue weighted by Crippen LogP contribution is -2.58. The van der Waals surface area contributed by atoms with Crippen molar-refractivity contribution in [3.63, 3.8) is 0 Å². The van der Waals surface area contributed by atoms with Crippen LogP contribution >= 0.6 is 0 Å². The van der Waals surface area contributed by atoms with Crippen molar-refractivity contribution in [2.45, 2.75) is 44.1 Å². The van der Waals surface area contributed by atoms with E-state index in [0.717, 1.165) is 25.0 Å². The summed E-state index contributed by atoms with van der Waals surface area (Å²) in [4.78, 5) is 23.2. The maximum atomic E-state index is 11.8. The van der Waals surface area contributed by atoms with E-state index in [9.17, 15) is 14.7 Å². The lowest BCUT2D eigenvalue weighted by atomic mass is 9.82. The van der Waals surface area contributed by atoms with E-state index in [2.05, 4.69) is 10.6 Å². The van der Waals surface area contributed by atoms with Gasteiger partial charge in [0, 0.05) is 13.0 Å². The minimum Gasteiger partial charge on any atom is -0.480 e. The van der Waals surface area contributed by atoms with Crippen molar-refractivity contribution in [2.24, 2.45) is 0 Å². The molecule has 1 aliphatic rings. The summed E-state index contributed by atoms with van der Waals surface area (Å²) in [6, 6.07) is 3.19. The summed E-state index contributed by atoms with van der Waals surface area (Å²) in [5.41, 5.74) is -1.10. The third-order valence-corrected chi connectivity index (χ3v) is 3.71. The fourth-order valence-electron chi connectivity index (χ4n) is 2.56. The molecule has 0 unspecified atom stereocenters. The van der Waals surface area contributed by atoms with Crippen LogP contribution in [-0.4, -0.2) is 29.2 Å². The molecule has 2 amide bonds. The number of rotatable bonds is 5. The van der Waals surface area contributed by atoms with Crippen LogP contribution in [0.25, 0.3) is 0 Å². The first-order valence-electron chi connectivity index (χ1n) is 6.94. The van der Waals surface area contributed by atoms with E-state index < -0.39 is 17.5 Å². The fraction of sp³-hybridized carbons (Fsp3) is 0.571. The maximum Gasteiger partial charge on any atom is 0.329 e. The van der Waals surface area contributed by atoms with Gasteiger partial charge in [-0.3, -0.25) is 0 Å². The Balaban J connectivity index is 1.81. The number of carboxylic acid groups (broad SMARTS) is 1. The van der Waals surface area contributed by atoms with Crippen molar-refractivity contribution < 1.29 is 19.1 Å². The van der Waals surface area contributed by atoms with Gasteiger partial charge in [-0.1, -0.05) is 19.3 Å². The molecule has 1 aliphatic carbocycles. The molecule has 6 heteroatoms. The second-order valence-electron chi connectivity index (χ2n) is 5.16. The Morgan fingerprint density at radius 2 is 2.05 bits per heavy atom. The van der Waals surface area contributed by atoms with Crippen LogP contribution in [-0.2, 0) is 11.2 Å². The zero-order valence-electron chi connectivity index (χ0n) is 11.4. The zero-order chi connectivity index (χ0) is 14.4. The first-order chi connectivity index (χ1) is 9.62. The van der Waals surface area contributed by atoms with E-state index in [4.69, 9.17) is 4.42 Å². The SMILES string of the molecule is O=C(NCCc1ccco1)NC1(C(=O)O)CCCCC1. The molecular weight excluding hydrogens is 260 g/mol. The molecular formula is C14H20N2O4. The number of carbonyl (C=O) groups excluding carboxylic acids is 1. The Morgan fingerprint density at radius 3 is 2.65 bits per heavy atom. The van der Waals surface area contributed by atoms with Crippen molar-refractivity contribution in [1.29, 1.82) is 0 Å². The highest BCUT2D eigenvalue weighted by Crippen LogP contribution is 2.28. The quantitative estimate of drug-likeness (QED) is 0.768. The summed E-state index contributed by atoms with van der Waals surface area (Å²) in [7, 11) is 0. The lowest BCUT2D eigenvalue weighted by Gasteiger charge is -2.33. The van der Waals surface area contributed by atoms with Crippen LogP contribution in [0.3, 0.4) is 0 Å². The largest absolute Gasteiger partial charge is 0.480 e. The molecule has 0 bridgehead atoms. The summed E-state index contributed by atoms with van der Waals surface area (Å²) in [6.45, 7) is 0.412. The van der Waals surface area contributed by atoms with E-state index in [0.29, 0.717) is 25.8 Å². The summed E-state index contributed by atoms with van der Waals surface area (Å²) in [6.07, 6.45) is 5.84. The molecule has 2 rings (SSSR count). The summed E-state index contributed by atoms with van der Waals surface area (Å²) >= 11 is 0. The minimum atomic E-state index is -1.10. The molecule has 1 fully saturated rings. The van der Waals surface area contributed by atoms with Gasteiger partial charge in [-0.25, -0.2) is 9.59 Å². The highest BCUT2D eigenvalue weighted by atomic mass is 16.4. The smallest absolute Gasteiger partial charge is 0.329 e. The minimum absolute atomic E-state index is 0.412. The number of hydrogen-bond acceptors (Lipinski definition) is 3. The summed E-state index contributed by atoms with van der Waals surface area (Å²) < 4.78 is 5.16. The van der Waals surface area contributed by atoms with Crippen molar-refractivity contribution in [2.75, 3.05) is 6.54 Å². The van der Waals surface area contributed by atoms with Gasteiger partial charge in [0.15, 0.2) is 0 Å². The number of hydrogen-bond donors (Lipinski definition) is 3. The number of furan rings is 1. The molecule has 3 N–H and O–H groups in total. The van der Waals surface area contributed by atoms with Gasteiger partial charge in [0.25, 0.3) is 0 Å². The van der Waals surface area contributed by atoms with Gasteiger partial charge in [0.1, 0.15) is 11.3 Å². The van der Waals surface area contributed by atoms with Crippen molar-refractivity contribution in [1.82, 2.24) is 10.6 Å². The molecule has 6 nitrogen and oxygen atoms in total. The number of aliphatic carboxylic acids is 1. The number of nitrogens with one attached hydrogen (secondary N) is 2. The number of urea groups is 1. The number of carbonyl (C=O) groups is 2. The molecule has 0 aliphatic heterocycles. The van der Waals surface area contributed by atoms with E-state index in [1.54, 1.807) is 12.3 Å². The third-order valence-electron chi connectivity index (χ3n) is 3.71. The highest BCUT2D eigenvalue weighted by Gasteiger charge is 2.40. The van der Waals surface area contributed by atoms with Gasteiger partial charge < -0.3 is 20.2 Å². The van der Waals surface area contributed by atoms with Crippen LogP contribution in [0.2, 0.25) is 0 Å². The van der Waals surface area contributed by atoms with Gasteiger partial charge in [0.2, 0.25) is 0 Å². The van der Waals surface area contributed by atoms with Crippen LogP contribution in [0.15, 0.2) is 22.8 Å². The molecule has 0 spiro atoms. The predicted octanol–water partition coefficient (Wildman–Crippen LogP) is 1.91. The molecule has 0 radical (unpaired) electrons. The molecule has 1 aromatic heterocycles. The highest BCUT2D eigenvalue weighted by molar-refractivity contribution is 5.86. The summed E-state index contributed by atoms with van der Waals surface area (Å²) in [5.74, 6) is -0.158.